The summed E-state index contributed by atoms with van der Waals surface area (Å²) in [5.74, 6) is 1.20. The van der Waals surface area contributed by atoms with Gasteiger partial charge in [0.05, 0.1) is 18.6 Å². The first-order chi connectivity index (χ1) is 12.6. The summed E-state index contributed by atoms with van der Waals surface area (Å²) in [5, 5.41) is 17.2. The molecular weight excluding hydrogens is 330 g/mol. The minimum Gasteiger partial charge on any atom is -0.272 e. The van der Waals surface area contributed by atoms with E-state index in [-0.39, 0.29) is 0 Å². The predicted octanol–water partition coefficient (Wildman–Crippen LogP) is 2.34. The zero-order valence-corrected chi connectivity index (χ0v) is 15.1. The molecule has 0 aromatic carbocycles. The molecule has 0 amide bonds. The summed E-state index contributed by atoms with van der Waals surface area (Å²) in [7, 11) is 0. The van der Waals surface area contributed by atoms with E-state index in [0.717, 1.165) is 30.9 Å². The predicted molar refractivity (Wildman–Crippen MR) is 96.6 cm³/mol. The van der Waals surface area contributed by atoms with Crippen LogP contribution in [0.5, 0.6) is 0 Å². The SMILES string of the molecule is CCn1cc(-n2nnc3cnc(-c4ccn(CCC(C)C)n4)nc32)cn1. The molecule has 0 atom stereocenters. The smallest absolute Gasteiger partial charge is 0.187 e. The fraction of sp³-hybridized carbons (Fsp3) is 0.412. The Hall–Kier alpha value is -3.10. The molecule has 0 unspecified atom stereocenters. The Morgan fingerprint density at radius 3 is 2.81 bits per heavy atom. The summed E-state index contributed by atoms with van der Waals surface area (Å²) in [4.78, 5) is 9.03. The monoisotopic (exact) mass is 351 g/mol. The summed E-state index contributed by atoms with van der Waals surface area (Å²) in [6.07, 6.45) is 8.39. The Balaban J connectivity index is 1.68. The molecule has 0 N–H and O–H groups in total. The van der Waals surface area contributed by atoms with Gasteiger partial charge in [-0.1, -0.05) is 19.1 Å². The molecule has 0 aliphatic carbocycles. The van der Waals surface area contributed by atoms with E-state index in [1.807, 2.05) is 34.7 Å². The van der Waals surface area contributed by atoms with Gasteiger partial charge in [0.25, 0.3) is 0 Å². The molecule has 4 aromatic heterocycles. The molecule has 134 valence electrons. The van der Waals surface area contributed by atoms with Crippen LogP contribution in [0.15, 0.2) is 30.9 Å². The van der Waals surface area contributed by atoms with Crippen LogP contribution in [0.25, 0.3) is 28.4 Å². The molecular formula is C17H21N9. The Labute approximate surface area is 150 Å². The lowest BCUT2D eigenvalue weighted by atomic mass is 10.1. The molecule has 9 heteroatoms. The van der Waals surface area contributed by atoms with E-state index < -0.39 is 0 Å². The van der Waals surface area contributed by atoms with Crippen molar-refractivity contribution >= 4 is 11.2 Å². The van der Waals surface area contributed by atoms with Crippen LogP contribution >= 0.6 is 0 Å². The van der Waals surface area contributed by atoms with E-state index in [2.05, 4.69) is 44.3 Å². The van der Waals surface area contributed by atoms with E-state index in [1.165, 1.54) is 0 Å². The first-order valence-corrected chi connectivity index (χ1v) is 8.79. The average molecular weight is 351 g/mol. The lowest BCUT2D eigenvalue weighted by Crippen LogP contribution is -2.03. The quantitative estimate of drug-likeness (QED) is 0.529. The molecule has 9 nitrogen and oxygen atoms in total. The second-order valence-electron chi connectivity index (χ2n) is 6.60. The van der Waals surface area contributed by atoms with Crippen LogP contribution in [0.2, 0.25) is 0 Å². The summed E-state index contributed by atoms with van der Waals surface area (Å²) >= 11 is 0. The third kappa shape index (κ3) is 3.07. The van der Waals surface area contributed by atoms with Crippen molar-refractivity contribution in [2.45, 2.75) is 40.3 Å². The highest BCUT2D eigenvalue weighted by Gasteiger charge is 2.14. The highest BCUT2D eigenvalue weighted by molar-refractivity contribution is 5.72. The van der Waals surface area contributed by atoms with E-state index in [0.29, 0.717) is 22.9 Å². The molecule has 4 rings (SSSR count). The Morgan fingerprint density at radius 2 is 2.04 bits per heavy atom. The standard InChI is InChI=1S/C17H21N9/c1-4-24-11-13(9-19-24)26-17-15(21-23-26)10-18-16(20-17)14-6-8-25(22-14)7-5-12(2)3/h6,8-12H,4-5,7H2,1-3H3. The number of rotatable bonds is 6. The number of hydrogen-bond acceptors (Lipinski definition) is 6. The fourth-order valence-corrected chi connectivity index (χ4v) is 2.66. The second kappa shape index (κ2) is 6.66. The van der Waals surface area contributed by atoms with Crippen LogP contribution in [0.1, 0.15) is 27.2 Å². The lowest BCUT2D eigenvalue weighted by Gasteiger charge is -2.04. The Kier molecular flexibility index (Phi) is 4.19. The Bertz CT molecular complexity index is 1020. The summed E-state index contributed by atoms with van der Waals surface area (Å²) in [6, 6.07) is 1.94. The Morgan fingerprint density at radius 1 is 1.15 bits per heavy atom. The second-order valence-corrected chi connectivity index (χ2v) is 6.60. The van der Waals surface area contributed by atoms with Crippen LogP contribution < -0.4 is 0 Å². The van der Waals surface area contributed by atoms with Gasteiger partial charge < -0.3 is 0 Å². The maximum absolute atomic E-state index is 4.64. The third-order valence-electron chi connectivity index (χ3n) is 4.19. The number of hydrogen-bond donors (Lipinski definition) is 0. The molecule has 0 spiro atoms. The van der Waals surface area contributed by atoms with Crippen LogP contribution in [-0.4, -0.2) is 44.5 Å². The van der Waals surface area contributed by atoms with Gasteiger partial charge in [0.15, 0.2) is 17.0 Å². The topological polar surface area (TPSA) is 92.1 Å². The number of nitrogens with zero attached hydrogens (tertiary/aromatic N) is 9. The van der Waals surface area contributed by atoms with Gasteiger partial charge in [-0.15, -0.1) is 5.10 Å². The van der Waals surface area contributed by atoms with Crippen molar-refractivity contribution in [1.29, 1.82) is 0 Å². The highest BCUT2D eigenvalue weighted by Crippen LogP contribution is 2.18. The van der Waals surface area contributed by atoms with E-state index in [4.69, 9.17) is 0 Å². The van der Waals surface area contributed by atoms with Crippen LogP contribution in [0.4, 0.5) is 0 Å². The molecule has 0 saturated carbocycles. The number of aryl methyl sites for hydroxylation is 2. The molecule has 0 radical (unpaired) electrons. The van der Waals surface area contributed by atoms with E-state index in [9.17, 15) is 0 Å². The maximum Gasteiger partial charge on any atom is 0.187 e. The fourth-order valence-electron chi connectivity index (χ4n) is 2.66. The van der Waals surface area contributed by atoms with Crippen LogP contribution in [-0.2, 0) is 13.1 Å². The van der Waals surface area contributed by atoms with E-state index in [1.54, 1.807) is 17.1 Å². The molecule has 0 bridgehead atoms. The van der Waals surface area contributed by atoms with Crippen molar-refractivity contribution < 1.29 is 0 Å². The zero-order valence-electron chi connectivity index (χ0n) is 15.1. The van der Waals surface area contributed by atoms with Gasteiger partial charge in [-0.2, -0.15) is 14.9 Å². The third-order valence-corrected chi connectivity index (χ3v) is 4.19. The summed E-state index contributed by atoms with van der Waals surface area (Å²) in [5.41, 5.74) is 2.84. The van der Waals surface area contributed by atoms with Crippen molar-refractivity contribution in [3.05, 3.63) is 30.9 Å². The summed E-state index contributed by atoms with van der Waals surface area (Å²) in [6.45, 7) is 8.12. The minimum atomic E-state index is 0.562. The maximum atomic E-state index is 4.64. The van der Waals surface area contributed by atoms with Crippen LogP contribution in [0, 0.1) is 5.92 Å². The van der Waals surface area contributed by atoms with Crippen molar-refractivity contribution in [1.82, 2.24) is 44.5 Å². The van der Waals surface area contributed by atoms with Crippen molar-refractivity contribution in [2.24, 2.45) is 5.92 Å². The first kappa shape index (κ1) is 16.4. The first-order valence-electron chi connectivity index (χ1n) is 8.79. The van der Waals surface area contributed by atoms with Crippen molar-refractivity contribution in [3.8, 4) is 17.2 Å². The van der Waals surface area contributed by atoms with Gasteiger partial charge in [-0.25, -0.2) is 9.97 Å². The summed E-state index contributed by atoms with van der Waals surface area (Å²) < 4.78 is 5.44. The highest BCUT2D eigenvalue weighted by atomic mass is 15.5. The van der Waals surface area contributed by atoms with Gasteiger partial charge in [0, 0.05) is 19.3 Å². The van der Waals surface area contributed by atoms with Gasteiger partial charge in [-0.3, -0.25) is 9.36 Å². The normalized spacial score (nSPS) is 11.7. The van der Waals surface area contributed by atoms with Gasteiger partial charge in [-0.05, 0) is 25.3 Å². The van der Waals surface area contributed by atoms with Crippen molar-refractivity contribution in [2.75, 3.05) is 0 Å². The molecule has 0 aliphatic rings. The average Bonchev–Trinajstić information content (AvgIpc) is 3.37. The number of aromatic nitrogens is 9. The molecule has 26 heavy (non-hydrogen) atoms. The lowest BCUT2D eigenvalue weighted by molar-refractivity contribution is 0.488. The molecule has 0 aliphatic heterocycles. The largest absolute Gasteiger partial charge is 0.272 e. The minimum absolute atomic E-state index is 0.562. The van der Waals surface area contributed by atoms with Gasteiger partial charge in [0.2, 0.25) is 0 Å². The molecule has 4 aromatic rings. The molecule has 0 fully saturated rings. The van der Waals surface area contributed by atoms with Gasteiger partial charge in [0.1, 0.15) is 11.4 Å². The van der Waals surface area contributed by atoms with Crippen molar-refractivity contribution in [3.63, 3.8) is 0 Å². The number of fused-ring (bicyclic) bond motifs is 1. The van der Waals surface area contributed by atoms with Gasteiger partial charge >= 0.3 is 0 Å². The molecule has 0 saturated heterocycles. The molecule has 4 heterocycles. The van der Waals surface area contributed by atoms with E-state index >= 15 is 0 Å². The zero-order chi connectivity index (χ0) is 18.1. The van der Waals surface area contributed by atoms with Crippen LogP contribution in [0.3, 0.4) is 0 Å².